The number of carbonyl (C=O) groups is 2. The summed E-state index contributed by atoms with van der Waals surface area (Å²) >= 11 is 0. The summed E-state index contributed by atoms with van der Waals surface area (Å²) < 4.78 is 0. The standard InChI is InChI=1S/C14H18N2O2/c1-15(2)9-5-6-10-16-13(17)11-7-3-4-8-12(11)14(16)18/h3-4,11-12H,7-10H2,1-2H3/p+1/t11-,12-/m1/s1. The Hall–Kier alpha value is -1.60. The van der Waals surface area contributed by atoms with Gasteiger partial charge in [-0.2, -0.15) is 0 Å². The van der Waals surface area contributed by atoms with Crippen LogP contribution in [0.4, 0.5) is 0 Å². The van der Waals surface area contributed by atoms with Crippen molar-refractivity contribution in [2.75, 3.05) is 27.2 Å². The Kier molecular flexibility index (Phi) is 3.83. The van der Waals surface area contributed by atoms with Crippen LogP contribution in [0, 0.1) is 23.7 Å². The van der Waals surface area contributed by atoms with Crippen LogP contribution < -0.4 is 4.90 Å². The Balaban J connectivity index is 1.99. The minimum atomic E-state index is -0.135. The number of nitrogens with one attached hydrogen (secondary N) is 1. The summed E-state index contributed by atoms with van der Waals surface area (Å²) in [6.07, 6.45) is 5.38. The Bertz CT molecular complexity index is 416. The van der Waals surface area contributed by atoms with E-state index in [1.54, 1.807) is 0 Å². The van der Waals surface area contributed by atoms with E-state index in [1.807, 2.05) is 26.2 Å². The van der Waals surface area contributed by atoms with Gasteiger partial charge in [-0.3, -0.25) is 14.5 Å². The molecule has 2 atom stereocenters. The molecule has 1 heterocycles. The molecule has 1 N–H and O–H groups in total. The van der Waals surface area contributed by atoms with Crippen molar-refractivity contribution in [2.24, 2.45) is 11.8 Å². The van der Waals surface area contributed by atoms with E-state index in [2.05, 4.69) is 11.8 Å². The van der Waals surface area contributed by atoms with Crippen molar-refractivity contribution in [3.63, 3.8) is 0 Å². The maximum atomic E-state index is 12.1. The molecule has 0 spiro atoms. The van der Waals surface area contributed by atoms with Gasteiger partial charge in [-0.15, -0.1) is 0 Å². The molecule has 2 rings (SSSR count). The quantitative estimate of drug-likeness (QED) is 0.390. The highest BCUT2D eigenvalue weighted by Crippen LogP contribution is 2.34. The molecule has 0 aromatic carbocycles. The first-order chi connectivity index (χ1) is 8.61. The summed E-state index contributed by atoms with van der Waals surface area (Å²) in [6.45, 7) is 0.975. The normalized spacial score (nSPS) is 26.3. The van der Waals surface area contributed by atoms with Gasteiger partial charge in [0, 0.05) is 0 Å². The molecule has 0 radical (unpaired) electrons. The van der Waals surface area contributed by atoms with Crippen LogP contribution in [-0.4, -0.2) is 43.9 Å². The smallest absolute Gasteiger partial charge is 0.234 e. The van der Waals surface area contributed by atoms with Gasteiger partial charge >= 0.3 is 0 Å². The van der Waals surface area contributed by atoms with E-state index in [4.69, 9.17) is 0 Å². The summed E-state index contributed by atoms with van der Waals surface area (Å²) in [5, 5.41) is 0. The number of nitrogens with zero attached hydrogens (tertiary/aromatic N) is 1. The first kappa shape index (κ1) is 12.8. The fourth-order valence-electron chi connectivity index (χ4n) is 2.40. The van der Waals surface area contributed by atoms with Crippen LogP contribution in [0.2, 0.25) is 0 Å². The molecule has 2 amide bonds. The van der Waals surface area contributed by atoms with Gasteiger partial charge in [0.15, 0.2) is 0 Å². The molecule has 2 aliphatic rings. The van der Waals surface area contributed by atoms with Gasteiger partial charge in [-0.1, -0.05) is 18.1 Å². The summed E-state index contributed by atoms with van der Waals surface area (Å²) in [7, 11) is 4.03. The third-order valence-corrected chi connectivity index (χ3v) is 3.40. The van der Waals surface area contributed by atoms with Gasteiger partial charge in [0.1, 0.15) is 6.54 Å². The first-order valence-electron chi connectivity index (χ1n) is 6.36. The van der Waals surface area contributed by atoms with Crippen molar-refractivity contribution in [2.45, 2.75) is 12.8 Å². The third-order valence-electron chi connectivity index (χ3n) is 3.40. The number of amides is 2. The zero-order valence-corrected chi connectivity index (χ0v) is 10.9. The number of quaternary nitrogens is 1. The third kappa shape index (κ3) is 2.46. The van der Waals surface area contributed by atoms with Crippen LogP contribution in [0.5, 0.6) is 0 Å². The van der Waals surface area contributed by atoms with E-state index in [0.29, 0.717) is 12.8 Å². The van der Waals surface area contributed by atoms with E-state index < -0.39 is 0 Å². The number of imide groups is 1. The van der Waals surface area contributed by atoms with Gasteiger partial charge in [0.25, 0.3) is 0 Å². The van der Waals surface area contributed by atoms with E-state index in [1.165, 1.54) is 9.80 Å². The monoisotopic (exact) mass is 247 g/mol. The molecule has 1 aliphatic carbocycles. The molecule has 4 nitrogen and oxygen atoms in total. The van der Waals surface area contributed by atoms with E-state index in [9.17, 15) is 9.59 Å². The Morgan fingerprint density at radius 3 is 2.22 bits per heavy atom. The maximum Gasteiger partial charge on any atom is 0.234 e. The molecule has 18 heavy (non-hydrogen) atoms. The fraction of sp³-hybridized carbons (Fsp3) is 0.571. The Morgan fingerprint density at radius 1 is 1.17 bits per heavy atom. The van der Waals surface area contributed by atoms with E-state index >= 15 is 0 Å². The minimum Gasteiger partial charge on any atom is -0.330 e. The van der Waals surface area contributed by atoms with Gasteiger partial charge in [0.05, 0.1) is 32.5 Å². The fourth-order valence-corrected chi connectivity index (χ4v) is 2.40. The number of fused-ring (bicyclic) bond motifs is 1. The lowest BCUT2D eigenvalue weighted by atomic mass is 9.85. The molecule has 96 valence electrons. The molecule has 1 saturated heterocycles. The molecule has 0 saturated carbocycles. The number of hydrogen-bond acceptors (Lipinski definition) is 2. The largest absolute Gasteiger partial charge is 0.330 e. The van der Waals surface area contributed by atoms with Crippen molar-refractivity contribution in [1.29, 1.82) is 0 Å². The second kappa shape index (κ2) is 5.36. The maximum absolute atomic E-state index is 12.1. The van der Waals surface area contributed by atoms with Crippen molar-refractivity contribution in [3.8, 4) is 11.8 Å². The van der Waals surface area contributed by atoms with Crippen molar-refractivity contribution >= 4 is 11.8 Å². The number of hydrogen-bond donors (Lipinski definition) is 1. The average molecular weight is 247 g/mol. The molecular weight excluding hydrogens is 228 g/mol. The molecule has 4 heteroatoms. The highest BCUT2D eigenvalue weighted by Gasteiger charge is 2.46. The summed E-state index contributed by atoms with van der Waals surface area (Å²) in [5.41, 5.74) is 0. The minimum absolute atomic E-state index is 0.0409. The number of rotatable bonds is 2. The second-order valence-electron chi connectivity index (χ2n) is 5.16. The van der Waals surface area contributed by atoms with Crippen LogP contribution in [0.15, 0.2) is 12.2 Å². The SMILES string of the molecule is C[NH+](C)CC#CCN1C(=O)[C@@H]2CC=CC[C@H]2C1=O. The number of likely N-dealkylation sites (tertiary alicyclic amines) is 1. The topological polar surface area (TPSA) is 41.8 Å². The van der Waals surface area contributed by atoms with Gasteiger partial charge in [-0.25, -0.2) is 0 Å². The Morgan fingerprint density at radius 2 is 1.72 bits per heavy atom. The zero-order chi connectivity index (χ0) is 13.1. The highest BCUT2D eigenvalue weighted by molar-refractivity contribution is 6.05. The summed E-state index contributed by atoms with van der Waals surface area (Å²) in [5.74, 6) is 5.56. The predicted octanol–water partition coefficient (Wildman–Crippen LogP) is -0.914. The molecular formula is C14H19N2O2+. The van der Waals surface area contributed by atoms with Gasteiger partial charge in [-0.05, 0) is 18.8 Å². The van der Waals surface area contributed by atoms with Crippen LogP contribution in [0.3, 0.4) is 0 Å². The number of carbonyl (C=O) groups excluding carboxylic acids is 2. The van der Waals surface area contributed by atoms with Crippen LogP contribution in [-0.2, 0) is 9.59 Å². The predicted molar refractivity (Wildman–Crippen MR) is 67.5 cm³/mol. The van der Waals surface area contributed by atoms with Crippen molar-refractivity contribution < 1.29 is 14.5 Å². The summed E-state index contributed by atoms with van der Waals surface area (Å²) in [4.78, 5) is 26.7. The average Bonchev–Trinajstić information content (AvgIpc) is 2.59. The second-order valence-corrected chi connectivity index (χ2v) is 5.16. The molecule has 0 bridgehead atoms. The Labute approximate surface area is 108 Å². The summed E-state index contributed by atoms with van der Waals surface area (Å²) in [6, 6.07) is 0. The lowest BCUT2D eigenvalue weighted by Crippen LogP contribution is -3.05. The molecule has 0 aromatic heterocycles. The lowest BCUT2D eigenvalue weighted by molar-refractivity contribution is -0.850. The number of allylic oxidation sites excluding steroid dienone is 2. The van der Waals surface area contributed by atoms with Crippen molar-refractivity contribution in [3.05, 3.63) is 12.2 Å². The van der Waals surface area contributed by atoms with Gasteiger partial charge < -0.3 is 4.90 Å². The van der Waals surface area contributed by atoms with E-state index in [-0.39, 0.29) is 30.2 Å². The molecule has 1 fully saturated rings. The first-order valence-corrected chi connectivity index (χ1v) is 6.36. The zero-order valence-electron chi connectivity index (χ0n) is 10.9. The molecule has 1 aliphatic heterocycles. The molecule has 0 unspecified atom stereocenters. The van der Waals surface area contributed by atoms with Crippen molar-refractivity contribution in [1.82, 2.24) is 4.90 Å². The van der Waals surface area contributed by atoms with Crippen LogP contribution in [0.1, 0.15) is 12.8 Å². The van der Waals surface area contributed by atoms with Crippen LogP contribution >= 0.6 is 0 Å². The van der Waals surface area contributed by atoms with E-state index in [0.717, 1.165) is 6.54 Å². The lowest BCUT2D eigenvalue weighted by Gasteiger charge is -2.14. The van der Waals surface area contributed by atoms with Crippen LogP contribution in [0.25, 0.3) is 0 Å². The molecule has 0 aromatic rings. The van der Waals surface area contributed by atoms with Gasteiger partial charge in [0.2, 0.25) is 11.8 Å². The highest BCUT2D eigenvalue weighted by atomic mass is 16.2.